The fourth-order valence-corrected chi connectivity index (χ4v) is 5.11. The van der Waals surface area contributed by atoms with Gasteiger partial charge in [0.25, 0.3) is 5.89 Å². The van der Waals surface area contributed by atoms with E-state index < -0.39 is 6.10 Å². The van der Waals surface area contributed by atoms with Crippen LogP contribution in [0.5, 0.6) is 11.5 Å². The van der Waals surface area contributed by atoms with Gasteiger partial charge < -0.3 is 28.3 Å². The molecule has 0 saturated carbocycles. The molecule has 0 radical (unpaired) electrons. The van der Waals surface area contributed by atoms with Crippen LogP contribution in [0.15, 0.2) is 51.3 Å². The first-order valence-electron chi connectivity index (χ1n) is 12.2. The number of aliphatic hydroxyl groups excluding tert-OH is 1. The van der Waals surface area contributed by atoms with Crippen molar-refractivity contribution in [2.75, 3.05) is 32.8 Å². The summed E-state index contributed by atoms with van der Waals surface area (Å²) in [5.74, 6) is 3.58. The number of aliphatic hydroxyl groups is 1. The number of β-amino-alcohol motifs (C(OH)–C–C–N with tert-alkyl or cyclic N) is 1. The Balaban J connectivity index is 0.00000267. The molecule has 0 amide bonds. The van der Waals surface area contributed by atoms with E-state index in [4.69, 9.17) is 18.3 Å². The highest BCUT2D eigenvalue weighted by molar-refractivity contribution is 5.87. The molecule has 190 valence electrons. The number of aromatic nitrogens is 2. The molecule has 4 heterocycles. The molecule has 9 heteroatoms. The van der Waals surface area contributed by atoms with Crippen molar-refractivity contribution < 1.29 is 23.4 Å². The van der Waals surface area contributed by atoms with E-state index in [9.17, 15) is 5.11 Å². The molecule has 2 aromatic carbocycles. The summed E-state index contributed by atoms with van der Waals surface area (Å²) < 4.78 is 23.0. The number of fused-ring (bicyclic) bond motifs is 2. The van der Waals surface area contributed by atoms with Crippen LogP contribution >= 0.6 is 12.4 Å². The van der Waals surface area contributed by atoms with E-state index in [2.05, 4.69) is 33.3 Å². The number of hydrogen-bond acceptors (Lipinski definition) is 8. The van der Waals surface area contributed by atoms with Crippen molar-refractivity contribution in [2.24, 2.45) is 0 Å². The maximum atomic E-state index is 10.7. The normalized spacial score (nSPS) is 16.9. The first-order valence-corrected chi connectivity index (χ1v) is 12.2. The number of aryl methyl sites for hydroxylation is 1. The predicted molar refractivity (Wildman–Crippen MR) is 137 cm³/mol. The third-order valence-corrected chi connectivity index (χ3v) is 6.93. The number of likely N-dealkylation sites (tertiary alicyclic amines) is 1. The van der Waals surface area contributed by atoms with Gasteiger partial charge in [0.1, 0.15) is 29.8 Å². The third kappa shape index (κ3) is 5.07. The van der Waals surface area contributed by atoms with E-state index >= 15 is 0 Å². The molecule has 0 aliphatic carbocycles. The van der Waals surface area contributed by atoms with E-state index in [0.717, 1.165) is 50.1 Å². The highest BCUT2D eigenvalue weighted by atomic mass is 35.5. The number of hydrogen-bond donors (Lipinski definition) is 1. The molecular weight excluding hydrogens is 482 g/mol. The quantitative estimate of drug-likeness (QED) is 0.379. The Kier molecular flexibility index (Phi) is 7.18. The monoisotopic (exact) mass is 511 g/mol. The number of ether oxygens (including phenoxy) is 2. The van der Waals surface area contributed by atoms with Crippen LogP contribution in [0.1, 0.15) is 35.8 Å². The van der Waals surface area contributed by atoms with Crippen LogP contribution in [-0.2, 0) is 6.42 Å². The van der Waals surface area contributed by atoms with E-state index in [0.29, 0.717) is 41.3 Å². The van der Waals surface area contributed by atoms with Gasteiger partial charge in [0.05, 0.1) is 12.0 Å². The second-order valence-electron chi connectivity index (χ2n) is 9.41. The van der Waals surface area contributed by atoms with Gasteiger partial charge in [-0.2, -0.15) is 0 Å². The summed E-state index contributed by atoms with van der Waals surface area (Å²) in [6.07, 6.45) is 2.63. The van der Waals surface area contributed by atoms with Gasteiger partial charge in [-0.15, -0.1) is 22.6 Å². The minimum absolute atomic E-state index is 0. The Hall–Kier alpha value is -3.07. The van der Waals surface area contributed by atoms with Crippen LogP contribution in [0.25, 0.3) is 22.6 Å². The van der Waals surface area contributed by atoms with Crippen LogP contribution in [-0.4, -0.2) is 59.2 Å². The number of rotatable bonds is 7. The maximum absolute atomic E-state index is 10.7. The molecule has 36 heavy (non-hydrogen) atoms. The van der Waals surface area contributed by atoms with Crippen LogP contribution in [0.2, 0.25) is 0 Å². The molecule has 0 unspecified atom stereocenters. The molecule has 4 aromatic rings. The molecule has 1 atom stereocenters. The third-order valence-electron chi connectivity index (χ3n) is 6.93. The first kappa shape index (κ1) is 24.6. The van der Waals surface area contributed by atoms with Crippen molar-refractivity contribution in [3.63, 3.8) is 0 Å². The van der Waals surface area contributed by atoms with Gasteiger partial charge >= 0.3 is 0 Å². The molecule has 0 spiro atoms. The van der Waals surface area contributed by atoms with Gasteiger partial charge in [-0.1, -0.05) is 18.2 Å². The molecule has 6 rings (SSSR count). The Morgan fingerprint density at radius 3 is 2.78 bits per heavy atom. The second-order valence-corrected chi connectivity index (χ2v) is 9.41. The van der Waals surface area contributed by atoms with Crippen molar-refractivity contribution in [1.82, 2.24) is 15.1 Å². The maximum Gasteiger partial charge on any atom is 0.283 e. The van der Waals surface area contributed by atoms with Gasteiger partial charge in [0.15, 0.2) is 5.76 Å². The summed E-state index contributed by atoms with van der Waals surface area (Å²) in [4.78, 5) is 2.33. The van der Waals surface area contributed by atoms with Gasteiger partial charge in [0.2, 0.25) is 5.89 Å². The predicted octanol–water partition coefficient (Wildman–Crippen LogP) is 4.77. The number of halogens is 1. The molecule has 2 aromatic heterocycles. The van der Waals surface area contributed by atoms with Crippen LogP contribution in [0.4, 0.5) is 0 Å². The smallest absolute Gasteiger partial charge is 0.283 e. The lowest BCUT2D eigenvalue weighted by atomic mass is 9.88. The largest absolute Gasteiger partial charge is 0.493 e. The summed E-state index contributed by atoms with van der Waals surface area (Å²) in [5.41, 5.74) is 3.42. The number of furan rings is 1. The zero-order valence-corrected chi connectivity index (χ0v) is 21.0. The van der Waals surface area contributed by atoms with E-state index in [1.54, 1.807) is 6.92 Å². The number of nitrogens with zero attached hydrogens (tertiary/aromatic N) is 3. The molecule has 1 fully saturated rings. The summed E-state index contributed by atoms with van der Waals surface area (Å²) in [6.45, 7) is 5.29. The number of benzene rings is 2. The Morgan fingerprint density at radius 1 is 1.11 bits per heavy atom. The molecule has 8 nitrogen and oxygen atoms in total. The molecule has 2 aliphatic rings. The first-order chi connectivity index (χ1) is 17.1. The molecule has 1 N–H and O–H groups in total. The zero-order chi connectivity index (χ0) is 23.8. The minimum Gasteiger partial charge on any atom is -0.493 e. The molecular formula is C27H30ClN3O5. The highest BCUT2D eigenvalue weighted by Crippen LogP contribution is 2.34. The zero-order valence-electron chi connectivity index (χ0n) is 20.2. The van der Waals surface area contributed by atoms with E-state index in [1.807, 2.05) is 24.3 Å². The standard InChI is InChI=1S/C27H29N3O5.ClH/c1-17-28-29-27(34-17)26-14-22-24(3-2-4-25(22)35-26)33-16-21(31)15-30-10-7-18(8-11-30)19-5-6-23-20(13-19)9-12-32-23;/h2-6,13-14,18,21,31H,7-12,15-16H2,1H3;1H/t21-;/m0./s1. The van der Waals surface area contributed by atoms with E-state index in [-0.39, 0.29) is 19.0 Å². The van der Waals surface area contributed by atoms with Gasteiger partial charge in [0, 0.05) is 26.0 Å². The summed E-state index contributed by atoms with van der Waals surface area (Å²) in [6, 6.07) is 14.1. The van der Waals surface area contributed by atoms with Crippen molar-refractivity contribution in [3.8, 4) is 23.1 Å². The van der Waals surface area contributed by atoms with Crippen molar-refractivity contribution in [2.45, 2.75) is 38.2 Å². The van der Waals surface area contributed by atoms with Gasteiger partial charge in [-0.3, -0.25) is 0 Å². The molecule has 0 bridgehead atoms. The fourth-order valence-electron chi connectivity index (χ4n) is 5.11. The average molecular weight is 512 g/mol. The van der Waals surface area contributed by atoms with Crippen LogP contribution in [0, 0.1) is 6.92 Å². The summed E-state index contributed by atoms with van der Waals surface area (Å²) in [5, 5.41) is 19.4. The topological polar surface area (TPSA) is 94.0 Å². The Morgan fingerprint density at radius 2 is 1.97 bits per heavy atom. The lowest BCUT2D eigenvalue weighted by Gasteiger charge is -2.33. The lowest BCUT2D eigenvalue weighted by molar-refractivity contribution is 0.0599. The van der Waals surface area contributed by atoms with Crippen molar-refractivity contribution >= 4 is 23.4 Å². The van der Waals surface area contributed by atoms with Crippen molar-refractivity contribution in [1.29, 1.82) is 0 Å². The SMILES string of the molecule is Cc1nnc(-c2cc3c(OC[C@@H](O)CN4CCC(c5ccc6c(c5)CCO6)CC4)cccc3o2)o1.Cl. The number of piperidine rings is 1. The van der Waals surface area contributed by atoms with Crippen LogP contribution < -0.4 is 9.47 Å². The van der Waals surface area contributed by atoms with Gasteiger partial charge in [-0.05, 0) is 61.2 Å². The van der Waals surface area contributed by atoms with Gasteiger partial charge in [-0.25, -0.2) is 0 Å². The minimum atomic E-state index is -0.580. The average Bonchev–Trinajstić information content (AvgIpc) is 3.62. The lowest BCUT2D eigenvalue weighted by Crippen LogP contribution is -2.40. The van der Waals surface area contributed by atoms with Crippen molar-refractivity contribution in [3.05, 3.63) is 59.5 Å². The summed E-state index contributed by atoms with van der Waals surface area (Å²) >= 11 is 0. The fraction of sp³-hybridized carbons (Fsp3) is 0.407. The molecule has 1 saturated heterocycles. The summed E-state index contributed by atoms with van der Waals surface area (Å²) in [7, 11) is 0. The second kappa shape index (κ2) is 10.5. The highest BCUT2D eigenvalue weighted by Gasteiger charge is 2.24. The molecule has 2 aliphatic heterocycles. The van der Waals surface area contributed by atoms with E-state index in [1.165, 1.54) is 11.1 Å². The Bertz CT molecular complexity index is 1330. The van der Waals surface area contributed by atoms with Crippen LogP contribution in [0.3, 0.4) is 0 Å². The Labute approximate surface area is 215 Å².